The quantitative estimate of drug-likeness (QED) is 0.669. The van der Waals surface area contributed by atoms with E-state index in [1.165, 1.54) is 18.3 Å². The lowest BCUT2D eigenvalue weighted by Crippen LogP contribution is -2.25. The Labute approximate surface area is 161 Å². The summed E-state index contributed by atoms with van der Waals surface area (Å²) in [5.74, 6) is -0.267. The van der Waals surface area contributed by atoms with E-state index in [0.29, 0.717) is 33.9 Å². The first kappa shape index (κ1) is 18.3. The van der Waals surface area contributed by atoms with Crippen molar-refractivity contribution in [1.82, 2.24) is 19.5 Å². The standard InChI is InChI=1S/C18H16FN5O3S/c19-12-3-1-11(2-4-12)16-17(14-5-7-21-18(20)23-14)24(10-22-16)15-9-13(28(25)26)6-8-27-15/h1-5,7,10,15H,6,8-9H2,(H2,20,21,23). The van der Waals surface area contributed by atoms with Gasteiger partial charge in [-0.1, -0.05) is 0 Å². The third-order valence-corrected chi connectivity index (χ3v) is 5.31. The van der Waals surface area contributed by atoms with E-state index in [1.807, 2.05) is 0 Å². The van der Waals surface area contributed by atoms with Gasteiger partial charge < -0.3 is 15.0 Å². The van der Waals surface area contributed by atoms with Gasteiger partial charge in [0, 0.05) is 24.6 Å². The highest BCUT2D eigenvalue weighted by atomic mass is 32.2. The molecule has 10 heteroatoms. The van der Waals surface area contributed by atoms with Gasteiger partial charge in [0.1, 0.15) is 12.0 Å². The molecular weight excluding hydrogens is 385 g/mol. The molecule has 0 radical (unpaired) electrons. The van der Waals surface area contributed by atoms with Gasteiger partial charge in [-0.3, -0.25) is 0 Å². The van der Waals surface area contributed by atoms with Crippen LogP contribution in [0.3, 0.4) is 0 Å². The predicted molar refractivity (Wildman–Crippen MR) is 101 cm³/mol. The minimum Gasteiger partial charge on any atom is -0.368 e. The van der Waals surface area contributed by atoms with Gasteiger partial charge in [-0.2, -0.15) is 8.42 Å². The van der Waals surface area contributed by atoms with Crippen molar-refractivity contribution in [2.75, 3.05) is 12.3 Å². The zero-order valence-electron chi connectivity index (χ0n) is 14.6. The summed E-state index contributed by atoms with van der Waals surface area (Å²) in [5, 5.41) is 0. The number of imidazole rings is 1. The molecule has 0 spiro atoms. The first-order chi connectivity index (χ1) is 13.5. The second-order valence-corrected chi connectivity index (χ2v) is 7.26. The Hall–Kier alpha value is -3.11. The van der Waals surface area contributed by atoms with Crippen molar-refractivity contribution in [3.63, 3.8) is 0 Å². The number of hydrogen-bond acceptors (Lipinski definition) is 7. The Bertz CT molecular complexity index is 1150. The summed E-state index contributed by atoms with van der Waals surface area (Å²) in [4.78, 5) is 13.0. The largest absolute Gasteiger partial charge is 0.368 e. The van der Waals surface area contributed by atoms with E-state index in [4.69, 9.17) is 10.5 Å². The van der Waals surface area contributed by atoms with Crippen LogP contribution in [0, 0.1) is 5.82 Å². The third-order valence-electron chi connectivity index (χ3n) is 4.47. The zero-order valence-corrected chi connectivity index (χ0v) is 15.4. The Balaban J connectivity index is 1.87. The molecule has 1 unspecified atom stereocenters. The molecule has 1 atom stereocenters. The van der Waals surface area contributed by atoms with Crippen molar-refractivity contribution < 1.29 is 17.5 Å². The number of hydrogen-bond donors (Lipinski definition) is 1. The number of nitrogen functional groups attached to an aromatic ring is 1. The molecule has 1 saturated heterocycles. The maximum Gasteiger partial charge on any atom is 0.220 e. The van der Waals surface area contributed by atoms with Crippen LogP contribution in [0.15, 0.2) is 42.9 Å². The smallest absolute Gasteiger partial charge is 0.220 e. The van der Waals surface area contributed by atoms with Crippen LogP contribution in [0.25, 0.3) is 22.6 Å². The Morgan fingerprint density at radius 3 is 2.68 bits per heavy atom. The van der Waals surface area contributed by atoms with Gasteiger partial charge in [-0.15, -0.1) is 0 Å². The van der Waals surface area contributed by atoms with Crippen molar-refractivity contribution in [1.29, 1.82) is 0 Å². The number of anilines is 1. The van der Waals surface area contributed by atoms with Crippen molar-refractivity contribution in [2.45, 2.75) is 19.1 Å². The highest BCUT2D eigenvalue weighted by Crippen LogP contribution is 2.34. The minimum atomic E-state index is -2.27. The van der Waals surface area contributed by atoms with Crippen LogP contribution >= 0.6 is 0 Å². The molecule has 0 amide bonds. The minimum absolute atomic E-state index is 0.0905. The molecule has 4 rings (SSSR count). The monoisotopic (exact) mass is 401 g/mol. The van der Waals surface area contributed by atoms with Crippen LogP contribution in [0.2, 0.25) is 0 Å². The van der Waals surface area contributed by atoms with Crippen molar-refractivity contribution in [2.24, 2.45) is 0 Å². The molecule has 0 saturated carbocycles. The Morgan fingerprint density at radius 2 is 1.96 bits per heavy atom. The maximum absolute atomic E-state index is 13.3. The number of rotatable bonds is 3. The molecule has 8 nitrogen and oxygen atoms in total. The number of benzene rings is 1. The summed E-state index contributed by atoms with van der Waals surface area (Å²) in [6, 6.07) is 7.59. The van der Waals surface area contributed by atoms with Gasteiger partial charge in [0.05, 0.1) is 34.9 Å². The highest BCUT2D eigenvalue weighted by molar-refractivity contribution is 7.73. The zero-order chi connectivity index (χ0) is 19.7. The normalized spacial score (nSPS) is 16.9. The fraction of sp³-hybridized carbons (Fsp3) is 0.222. The van der Waals surface area contributed by atoms with Gasteiger partial charge in [0.15, 0.2) is 0 Å². The van der Waals surface area contributed by atoms with Crippen molar-refractivity contribution in [3.8, 4) is 22.6 Å². The number of halogens is 1. The predicted octanol–water partition coefficient (Wildman–Crippen LogP) is 2.09. The third kappa shape index (κ3) is 3.51. The van der Waals surface area contributed by atoms with Gasteiger partial charge >= 0.3 is 0 Å². The van der Waals surface area contributed by atoms with E-state index in [-0.39, 0.29) is 24.8 Å². The van der Waals surface area contributed by atoms with Crippen LogP contribution in [0.5, 0.6) is 0 Å². The fourth-order valence-electron chi connectivity index (χ4n) is 3.15. The second kappa shape index (κ2) is 7.49. The Morgan fingerprint density at radius 1 is 1.18 bits per heavy atom. The van der Waals surface area contributed by atoms with E-state index in [2.05, 4.69) is 15.0 Å². The molecule has 1 fully saturated rings. The van der Waals surface area contributed by atoms with E-state index in [9.17, 15) is 12.8 Å². The first-order valence-electron chi connectivity index (χ1n) is 8.50. The first-order valence-corrected chi connectivity index (χ1v) is 9.57. The van der Waals surface area contributed by atoms with Crippen LogP contribution in [-0.4, -0.2) is 39.4 Å². The molecule has 3 aromatic rings. The average molecular weight is 401 g/mol. The van der Waals surface area contributed by atoms with Gasteiger partial charge in [0.2, 0.25) is 16.2 Å². The summed E-state index contributed by atoms with van der Waals surface area (Å²) in [6.45, 7) is 0.281. The summed E-state index contributed by atoms with van der Waals surface area (Å²) < 4.78 is 43.7. The van der Waals surface area contributed by atoms with Crippen LogP contribution < -0.4 is 5.73 Å². The summed E-state index contributed by atoms with van der Waals surface area (Å²) in [6.07, 6.45) is 3.10. The van der Waals surface area contributed by atoms with Crippen LogP contribution in [0.4, 0.5) is 10.3 Å². The van der Waals surface area contributed by atoms with E-state index in [0.717, 1.165) is 0 Å². The van der Waals surface area contributed by atoms with Crippen LogP contribution in [-0.2, 0) is 15.0 Å². The molecule has 28 heavy (non-hydrogen) atoms. The maximum atomic E-state index is 13.3. The molecule has 144 valence electrons. The molecular formula is C18H16FN5O3S. The molecule has 0 bridgehead atoms. The molecule has 2 aromatic heterocycles. The highest BCUT2D eigenvalue weighted by Gasteiger charge is 2.26. The molecule has 0 aliphatic carbocycles. The van der Waals surface area contributed by atoms with Gasteiger partial charge in [-0.05, 0) is 30.3 Å². The van der Waals surface area contributed by atoms with E-state index >= 15 is 0 Å². The lowest BCUT2D eigenvalue weighted by atomic mass is 10.1. The van der Waals surface area contributed by atoms with Crippen LogP contribution in [0.1, 0.15) is 19.1 Å². The number of aromatic nitrogens is 4. The lowest BCUT2D eigenvalue weighted by Gasteiger charge is -2.25. The molecule has 1 aliphatic rings. The second-order valence-electron chi connectivity index (χ2n) is 6.21. The summed E-state index contributed by atoms with van der Waals surface area (Å²) in [7, 11) is -2.27. The number of nitrogens with zero attached hydrogens (tertiary/aromatic N) is 4. The average Bonchev–Trinajstić information content (AvgIpc) is 3.14. The summed E-state index contributed by atoms with van der Waals surface area (Å²) in [5.41, 5.74) is 8.07. The SMILES string of the molecule is Nc1nccc(-c2c(-c3ccc(F)cc3)ncn2C2CC(=S(=O)=O)CCO2)n1. The van der Waals surface area contributed by atoms with Gasteiger partial charge in [-0.25, -0.2) is 19.3 Å². The molecule has 1 aliphatic heterocycles. The number of nitrogens with two attached hydrogens (primary N) is 1. The molecule has 1 aromatic carbocycles. The number of ether oxygens (including phenoxy) is 1. The lowest BCUT2D eigenvalue weighted by molar-refractivity contribution is 0.00162. The van der Waals surface area contributed by atoms with E-state index < -0.39 is 16.5 Å². The van der Waals surface area contributed by atoms with Crippen molar-refractivity contribution in [3.05, 3.63) is 48.7 Å². The Kier molecular flexibility index (Phi) is 4.88. The topological polar surface area (TPSA) is 113 Å². The molecule has 3 heterocycles. The van der Waals surface area contributed by atoms with E-state index in [1.54, 1.807) is 29.1 Å². The molecule has 2 N–H and O–H groups in total. The fourth-order valence-corrected chi connectivity index (χ4v) is 3.68. The summed E-state index contributed by atoms with van der Waals surface area (Å²) >= 11 is 0. The van der Waals surface area contributed by atoms with Crippen molar-refractivity contribution >= 4 is 21.1 Å². The van der Waals surface area contributed by atoms with Gasteiger partial charge in [0.25, 0.3) is 0 Å².